The summed E-state index contributed by atoms with van der Waals surface area (Å²) in [6.45, 7) is 9.31. The van der Waals surface area contributed by atoms with Crippen LogP contribution in [0.15, 0.2) is 30.6 Å². The van der Waals surface area contributed by atoms with E-state index in [4.69, 9.17) is 11.6 Å². The highest BCUT2D eigenvalue weighted by Gasteiger charge is 2.13. The molecule has 0 fully saturated rings. The first-order valence-corrected chi connectivity index (χ1v) is 7.70. The Kier molecular flexibility index (Phi) is 5.18. The summed E-state index contributed by atoms with van der Waals surface area (Å²) >= 11 is 6.17. The van der Waals surface area contributed by atoms with Crippen molar-refractivity contribution >= 4 is 17.4 Å². The molecule has 1 aromatic heterocycles. The molecule has 0 spiro atoms. The van der Waals surface area contributed by atoms with E-state index in [1.54, 1.807) is 0 Å². The largest absolute Gasteiger partial charge is 0.366 e. The standard InChI is InChI=1S/C17H22ClN3/c1-11(2)14-7-5-13(6-8-14)9-19-17-15(12(3)4)16(18)20-10-21-17/h5-8,10-12H,9H2,1-4H3,(H,19,20,21). The fourth-order valence-electron chi connectivity index (χ4n) is 2.23. The predicted molar refractivity (Wildman–Crippen MR) is 89.0 cm³/mol. The molecule has 0 unspecified atom stereocenters. The minimum Gasteiger partial charge on any atom is -0.366 e. The molecule has 0 saturated carbocycles. The Labute approximate surface area is 131 Å². The van der Waals surface area contributed by atoms with Crippen molar-refractivity contribution in [3.63, 3.8) is 0 Å². The first-order chi connectivity index (χ1) is 9.99. The van der Waals surface area contributed by atoms with E-state index in [0.29, 0.717) is 11.1 Å². The smallest absolute Gasteiger partial charge is 0.138 e. The second kappa shape index (κ2) is 6.90. The van der Waals surface area contributed by atoms with Crippen molar-refractivity contribution in [1.29, 1.82) is 0 Å². The Balaban J connectivity index is 2.11. The molecule has 0 bridgehead atoms. The minimum atomic E-state index is 0.282. The third-order valence-corrected chi connectivity index (χ3v) is 3.82. The van der Waals surface area contributed by atoms with Crippen LogP contribution in [-0.2, 0) is 6.54 Å². The number of nitrogens with zero attached hydrogens (tertiary/aromatic N) is 2. The number of nitrogens with one attached hydrogen (secondary N) is 1. The number of benzene rings is 1. The minimum absolute atomic E-state index is 0.282. The van der Waals surface area contributed by atoms with E-state index in [9.17, 15) is 0 Å². The Morgan fingerprint density at radius 2 is 1.67 bits per heavy atom. The lowest BCUT2D eigenvalue weighted by atomic mass is 10.0. The van der Waals surface area contributed by atoms with E-state index < -0.39 is 0 Å². The molecule has 2 aromatic rings. The summed E-state index contributed by atoms with van der Waals surface area (Å²) in [6, 6.07) is 8.66. The Morgan fingerprint density at radius 3 is 2.24 bits per heavy atom. The van der Waals surface area contributed by atoms with Crippen LogP contribution in [-0.4, -0.2) is 9.97 Å². The molecular weight excluding hydrogens is 282 g/mol. The molecule has 0 aliphatic rings. The summed E-state index contributed by atoms with van der Waals surface area (Å²) in [5, 5.41) is 3.89. The van der Waals surface area contributed by atoms with Crippen LogP contribution in [0.25, 0.3) is 0 Å². The maximum absolute atomic E-state index is 6.17. The lowest BCUT2D eigenvalue weighted by Crippen LogP contribution is -2.07. The topological polar surface area (TPSA) is 37.8 Å². The summed E-state index contributed by atoms with van der Waals surface area (Å²) < 4.78 is 0. The second-order valence-corrected chi connectivity index (χ2v) is 6.19. The van der Waals surface area contributed by atoms with Crippen LogP contribution in [0.5, 0.6) is 0 Å². The molecule has 4 heteroatoms. The van der Waals surface area contributed by atoms with Gasteiger partial charge in [0.1, 0.15) is 17.3 Å². The molecule has 112 valence electrons. The van der Waals surface area contributed by atoms with Crippen LogP contribution in [0.3, 0.4) is 0 Å². The van der Waals surface area contributed by atoms with E-state index in [-0.39, 0.29) is 5.92 Å². The van der Waals surface area contributed by atoms with Crippen molar-refractivity contribution in [2.24, 2.45) is 0 Å². The zero-order valence-electron chi connectivity index (χ0n) is 13.0. The van der Waals surface area contributed by atoms with Gasteiger partial charge in [0.15, 0.2) is 0 Å². The highest BCUT2D eigenvalue weighted by atomic mass is 35.5. The Bertz CT molecular complexity index is 591. The number of aromatic nitrogens is 2. The number of anilines is 1. The van der Waals surface area contributed by atoms with Crippen molar-refractivity contribution < 1.29 is 0 Å². The van der Waals surface area contributed by atoms with Gasteiger partial charge in [0.2, 0.25) is 0 Å². The molecule has 0 aliphatic heterocycles. The molecule has 1 aromatic carbocycles. The van der Waals surface area contributed by atoms with Crippen molar-refractivity contribution in [3.05, 3.63) is 52.4 Å². The lowest BCUT2D eigenvalue weighted by Gasteiger charge is -2.14. The van der Waals surface area contributed by atoms with Gasteiger partial charge in [0, 0.05) is 12.1 Å². The summed E-state index contributed by atoms with van der Waals surface area (Å²) in [4.78, 5) is 8.38. The average Bonchev–Trinajstić information content (AvgIpc) is 2.45. The maximum atomic E-state index is 6.17. The van der Waals surface area contributed by atoms with Crippen LogP contribution in [0.4, 0.5) is 5.82 Å². The molecule has 1 heterocycles. The second-order valence-electron chi connectivity index (χ2n) is 5.83. The van der Waals surface area contributed by atoms with E-state index in [2.05, 4.69) is 67.2 Å². The zero-order valence-corrected chi connectivity index (χ0v) is 13.8. The van der Waals surface area contributed by atoms with Gasteiger partial charge in [-0.1, -0.05) is 63.6 Å². The predicted octanol–water partition coefficient (Wildman–Crippen LogP) is 4.99. The Hall–Kier alpha value is -1.61. The number of halogens is 1. The van der Waals surface area contributed by atoms with E-state index in [1.165, 1.54) is 17.5 Å². The molecule has 1 N–H and O–H groups in total. The zero-order chi connectivity index (χ0) is 15.4. The number of hydrogen-bond donors (Lipinski definition) is 1. The molecule has 0 atom stereocenters. The van der Waals surface area contributed by atoms with Gasteiger partial charge >= 0.3 is 0 Å². The van der Waals surface area contributed by atoms with E-state index in [1.807, 2.05) is 0 Å². The van der Waals surface area contributed by atoms with Crippen LogP contribution < -0.4 is 5.32 Å². The third kappa shape index (κ3) is 3.94. The van der Waals surface area contributed by atoms with Crippen molar-refractivity contribution in [3.8, 4) is 0 Å². The van der Waals surface area contributed by atoms with Gasteiger partial charge in [-0.3, -0.25) is 0 Å². The van der Waals surface area contributed by atoms with E-state index in [0.717, 1.165) is 17.9 Å². The summed E-state index contributed by atoms with van der Waals surface area (Å²) in [5.41, 5.74) is 3.55. The van der Waals surface area contributed by atoms with Gasteiger partial charge in [0.05, 0.1) is 0 Å². The molecule has 0 aliphatic carbocycles. The molecule has 3 nitrogen and oxygen atoms in total. The average molecular weight is 304 g/mol. The van der Waals surface area contributed by atoms with Crippen LogP contribution in [0.2, 0.25) is 5.15 Å². The summed E-state index contributed by atoms with van der Waals surface area (Å²) in [6.07, 6.45) is 1.50. The molecule has 21 heavy (non-hydrogen) atoms. The first-order valence-electron chi connectivity index (χ1n) is 7.32. The van der Waals surface area contributed by atoms with Crippen LogP contribution in [0, 0.1) is 0 Å². The fourth-order valence-corrected chi connectivity index (χ4v) is 2.58. The molecular formula is C17H22ClN3. The van der Waals surface area contributed by atoms with Crippen molar-refractivity contribution in [1.82, 2.24) is 9.97 Å². The quantitative estimate of drug-likeness (QED) is 0.791. The third-order valence-electron chi connectivity index (χ3n) is 3.52. The van der Waals surface area contributed by atoms with Crippen LogP contribution >= 0.6 is 11.6 Å². The van der Waals surface area contributed by atoms with Gasteiger partial charge in [-0.05, 0) is 23.0 Å². The van der Waals surface area contributed by atoms with Gasteiger partial charge in [-0.15, -0.1) is 0 Å². The van der Waals surface area contributed by atoms with E-state index >= 15 is 0 Å². The molecule has 0 saturated heterocycles. The SMILES string of the molecule is CC(C)c1ccc(CNc2ncnc(Cl)c2C(C)C)cc1. The van der Waals surface area contributed by atoms with Gasteiger partial charge < -0.3 is 5.32 Å². The number of hydrogen-bond acceptors (Lipinski definition) is 3. The molecule has 0 radical (unpaired) electrons. The fraction of sp³-hybridized carbons (Fsp3) is 0.412. The van der Waals surface area contributed by atoms with Crippen LogP contribution in [0.1, 0.15) is 56.2 Å². The van der Waals surface area contributed by atoms with Gasteiger partial charge in [-0.2, -0.15) is 0 Å². The Morgan fingerprint density at radius 1 is 1.00 bits per heavy atom. The number of rotatable bonds is 5. The molecule has 2 rings (SSSR count). The normalized spacial score (nSPS) is 11.2. The van der Waals surface area contributed by atoms with Crippen molar-refractivity contribution in [2.75, 3.05) is 5.32 Å². The van der Waals surface area contributed by atoms with Crippen molar-refractivity contribution in [2.45, 2.75) is 46.1 Å². The summed E-state index contributed by atoms with van der Waals surface area (Å²) in [5.74, 6) is 1.66. The highest BCUT2D eigenvalue weighted by Crippen LogP contribution is 2.28. The maximum Gasteiger partial charge on any atom is 0.138 e. The highest BCUT2D eigenvalue weighted by molar-refractivity contribution is 6.30. The lowest BCUT2D eigenvalue weighted by molar-refractivity contribution is 0.844. The first kappa shape index (κ1) is 15.8. The van der Waals surface area contributed by atoms with Gasteiger partial charge in [0.25, 0.3) is 0 Å². The summed E-state index contributed by atoms with van der Waals surface area (Å²) in [7, 11) is 0. The monoisotopic (exact) mass is 303 g/mol. The molecule has 0 amide bonds. The van der Waals surface area contributed by atoms with Gasteiger partial charge in [-0.25, -0.2) is 9.97 Å².